The van der Waals surface area contributed by atoms with Crippen LogP contribution in [-0.4, -0.2) is 22.6 Å². The third-order valence-corrected chi connectivity index (χ3v) is 4.76. The lowest BCUT2D eigenvalue weighted by molar-refractivity contribution is -0.131. The van der Waals surface area contributed by atoms with Crippen molar-refractivity contribution in [3.63, 3.8) is 0 Å². The first-order valence-electron chi connectivity index (χ1n) is 6.98. The fourth-order valence-corrected chi connectivity index (χ4v) is 3.01. The molecule has 2 aromatic rings. The number of hydrogen-bond acceptors (Lipinski definition) is 3. The number of carbonyl (C=O) groups excluding carboxylic acids is 2. The average molecular weight is 584 g/mol. The Morgan fingerprint density at radius 1 is 0.885 bits per heavy atom. The molecule has 1 N–H and O–H groups in total. The Labute approximate surface area is 175 Å². The first kappa shape index (κ1) is 22.4. The molecule has 0 heterocycles. The van der Waals surface area contributed by atoms with Gasteiger partial charge in [-0.3, -0.25) is 9.59 Å². The summed E-state index contributed by atoms with van der Waals surface area (Å²) in [6.45, 7) is 1.43. The minimum absolute atomic E-state index is 0.103. The molecule has 0 bridgehead atoms. The molecule has 0 saturated heterocycles. The second-order valence-corrected chi connectivity index (χ2v) is 7.16. The standard InChI is InChI=1S/C10H6FIO3.C8H6FIO/c11-6-1-2-8(12)7(5-6)9(13)3-4-10(14)15;1-5(11)7-4-6(9)2-3-8(7)10/h1-5H,(H,14,15);2-4H,1H3/b4-3+;. The van der Waals surface area contributed by atoms with Crippen LogP contribution in [0.5, 0.6) is 0 Å². The van der Waals surface area contributed by atoms with Gasteiger partial charge in [0.05, 0.1) is 0 Å². The van der Waals surface area contributed by atoms with Crippen molar-refractivity contribution in [1.82, 2.24) is 0 Å². The zero-order chi connectivity index (χ0) is 19.9. The second kappa shape index (κ2) is 10.5. The van der Waals surface area contributed by atoms with Crippen molar-refractivity contribution in [2.24, 2.45) is 0 Å². The summed E-state index contributed by atoms with van der Waals surface area (Å²) in [5.41, 5.74) is 0.610. The lowest BCUT2D eigenvalue weighted by Gasteiger charge is -1.99. The van der Waals surface area contributed by atoms with E-state index in [9.17, 15) is 23.2 Å². The van der Waals surface area contributed by atoms with Crippen LogP contribution in [0.15, 0.2) is 48.6 Å². The van der Waals surface area contributed by atoms with E-state index >= 15 is 0 Å². The minimum Gasteiger partial charge on any atom is -0.478 e. The molecule has 26 heavy (non-hydrogen) atoms. The van der Waals surface area contributed by atoms with Crippen molar-refractivity contribution in [3.8, 4) is 0 Å². The number of benzene rings is 2. The molecule has 4 nitrogen and oxygen atoms in total. The summed E-state index contributed by atoms with van der Waals surface area (Å²) < 4.78 is 26.7. The Morgan fingerprint density at radius 3 is 1.77 bits per heavy atom. The number of rotatable bonds is 4. The van der Waals surface area contributed by atoms with Gasteiger partial charge in [-0.2, -0.15) is 0 Å². The summed E-state index contributed by atoms with van der Waals surface area (Å²) in [4.78, 5) is 32.4. The maximum atomic E-state index is 12.8. The van der Waals surface area contributed by atoms with Gasteiger partial charge < -0.3 is 5.11 Å². The molecule has 0 fully saturated rings. The molecule has 0 unspecified atom stereocenters. The highest BCUT2D eigenvalue weighted by molar-refractivity contribution is 14.1. The van der Waals surface area contributed by atoms with Gasteiger partial charge in [0.15, 0.2) is 11.6 Å². The molecular formula is C18H12F2I2O4. The van der Waals surface area contributed by atoms with Crippen molar-refractivity contribution in [2.75, 3.05) is 0 Å². The summed E-state index contributed by atoms with van der Waals surface area (Å²) in [5.74, 6) is -2.73. The zero-order valence-electron chi connectivity index (χ0n) is 13.3. The van der Waals surface area contributed by atoms with Gasteiger partial charge in [-0.1, -0.05) is 0 Å². The lowest BCUT2D eigenvalue weighted by Crippen LogP contribution is -2.00. The van der Waals surface area contributed by atoms with Gasteiger partial charge in [-0.05, 0) is 94.6 Å². The van der Waals surface area contributed by atoms with Crippen LogP contribution in [0, 0.1) is 18.8 Å². The minimum atomic E-state index is -1.21. The number of halogens is 4. The van der Waals surface area contributed by atoms with E-state index in [1.807, 2.05) is 45.2 Å². The van der Waals surface area contributed by atoms with E-state index in [2.05, 4.69) is 0 Å². The average Bonchev–Trinajstić information content (AvgIpc) is 2.57. The topological polar surface area (TPSA) is 71.4 Å². The molecule has 8 heteroatoms. The van der Waals surface area contributed by atoms with Gasteiger partial charge >= 0.3 is 5.97 Å². The van der Waals surface area contributed by atoms with Gasteiger partial charge in [-0.15, -0.1) is 0 Å². The molecule has 136 valence electrons. The fourth-order valence-electron chi connectivity index (χ4n) is 1.69. The van der Waals surface area contributed by atoms with E-state index in [1.165, 1.54) is 31.2 Å². The van der Waals surface area contributed by atoms with Crippen LogP contribution < -0.4 is 0 Å². The highest BCUT2D eigenvalue weighted by atomic mass is 127. The van der Waals surface area contributed by atoms with Crippen LogP contribution in [0.2, 0.25) is 0 Å². The zero-order valence-corrected chi connectivity index (χ0v) is 17.6. The molecule has 0 aliphatic rings. The van der Waals surface area contributed by atoms with Crippen LogP contribution in [0.4, 0.5) is 8.78 Å². The number of carbonyl (C=O) groups is 3. The van der Waals surface area contributed by atoms with Crippen molar-refractivity contribution in [3.05, 3.63) is 78.5 Å². The van der Waals surface area contributed by atoms with E-state index in [0.29, 0.717) is 9.13 Å². The number of carboxylic acids is 1. The normalized spacial score (nSPS) is 10.2. The van der Waals surface area contributed by atoms with Crippen molar-refractivity contribution in [2.45, 2.75) is 6.92 Å². The van der Waals surface area contributed by atoms with Gasteiger partial charge in [0.25, 0.3) is 0 Å². The number of hydrogen-bond donors (Lipinski definition) is 1. The maximum Gasteiger partial charge on any atom is 0.328 e. The van der Waals surface area contributed by atoms with Crippen molar-refractivity contribution in [1.29, 1.82) is 0 Å². The quantitative estimate of drug-likeness (QED) is 0.316. The summed E-state index contributed by atoms with van der Waals surface area (Å²) >= 11 is 3.89. The number of Topliss-reactive ketones (excluding diaryl/α,β-unsaturated/α-hetero) is 1. The van der Waals surface area contributed by atoms with Gasteiger partial charge in [0, 0.05) is 24.3 Å². The SMILES string of the molecule is CC(=O)c1cc(F)ccc1I.O=C(O)/C=C/C(=O)c1cc(F)ccc1I. The summed E-state index contributed by atoms with van der Waals surface area (Å²) in [5, 5.41) is 8.32. The highest BCUT2D eigenvalue weighted by Crippen LogP contribution is 2.15. The highest BCUT2D eigenvalue weighted by Gasteiger charge is 2.08. The van der Waals surface area contributed by atoms with Crippen LogP contribution in [0.3, 0.4) is 0 Å². The first-order chi connectivity index (χ1) is 12.1. The molecule has 0 saturated carbocycles. The number of aliphatic carboxylic acids is 1. The van der Waals surface area contributed by atoms with Crippen LogP contribution in [0.25, 0.3) is 0 Å². The molecule has 2 rings (SSSR count). The van der Waals surface area contributed by atoms with E-state index in [1.54, 1.807) is 6.07 Å². The monoisotopic (exact) mass is 584 g/mol. The fraction of sp³-hybridized carbons (Fsp3) is 0.0556. The summed E-state index contributed by atoms with van der Waals surface area (Å²) in [6.07, 6.45) is 1.63. The van der Waals surface area contributed by atoms with Crippen LogP contribution in [-0.2, 0) is 4.79 Å². The Morgan fingerprint density at radius 2 is 1.35 bits per heavy atom. The molecule has 2 aromatic carbocycles. The van der Waals surface area contributed by atoms with Crippen molar-refractivity contribution < 1.29 is 28.3 Å². The van der Waals surface area contributed by atoms with Gasteiger partial charge in [0.1, 0.15) is 11.6 Å². The Hall–Kier alpha value is -1.69. The summed E-state index contributed by atoms with van der Waals surface area (Å²) in [6, 6.07) is 7.96. The smallest absolute Gasteiger partial charge is 0.328 e. The molecular weight excluding hydrogens is 572 g/mol. The molecule has 0 radical (unpaired) electrons. The maximum absolute atomic E-state index is 12.8. The Kier molecular flexibility index (Phi) is 8.99. The molecule has 0 atom stereocenters. The predicted octanol–water partition coefficient (Wildman–Crippen LogP) is 4.89. The molecule has 0 aromatic heterocycles. The van der Waals surface area contributed by atoms with Crippen LogP contribution >= 0.6 is 45.2 Å². The Balaban J connectivity index is 0.000000273. The third kappa shape index (κ3) is 7.28. The third-order valence-electron chi connectivity index (χ3n) is 2.88. The van der Waals surface area contributed by atoms with E-state index in [4.69, 9.17) is 5.11 Å². The Bertz CT molecular complexity index is 879. The number of allylic oxidation sites excluding steroid dienone is 1. The largest absolute Gasteiger partial charge is 0.478 e. The molecule has 0 amide bonds. The van der Waals surface area contributed by atoms with Gasteiger partial charge in [-0.25, -0.2) is 13.6 Å². The summed E-state index contributed by atoms with van der Waals surface area (Å²) in [7, 11) is 0. The van der Waals surface area contributed by atoms with Crippen molar-refractivity contribution >= 4 is 62.7 Å². The van der Waals surface area contributed by atoms with Crippen LogP contribution in [0.1, 0.15) is 27.6 Å². The number of ketones is 2. The lowest BCUT2D eigenvalue weighted by atomic mass is 10.1. The second-order valence-electron chi connectivity index (χ2n) is 4.84. The van der Waals surface area contributed by atoms with E-state index < -0.39 is 17.6 Å². The molecule has 0 aliphatic heterocycles. The predicted molar refractivity (Wildman–Crippen MR) is 109 cm³/mol. The molecule has 0 spiro atoms. The van der Waals surface area contributed by atoms with E-state index in [0.717, 1.165) is 21.8 Å². The first-order valence-corrected chi connectivity index (χ1v) is 9.14. The van der Waals surface area contributed by atoms with E-state index in [-0.39, 0.29) is 17.2 Å². The number of carboxylic acid groups (broad SMARTS) is 1. The van der Waals surface area contributed by atoms with Gasteiger partial charge in [0.2, 0.25) is 0 Å². The molecule has 0 aliphatic carbocycles.